The number of imidazole rings is 1. The van der Waals surface area contributed by atoms with Gasteiger partial charge in [-0.05, 0) is 37.7 Å². The fraction of sp³-hybridized carbons (Fsp3) is 0.471. The number of carbonyl (C=O) groups is 2. The van der Waals surface area contributed by atoms with Gasteiger partial charge in [0.05, 0.1) is 17.9 Å². The summed E-state index contributed by atoms with van der Waals surface area (Å²) in [5, 5.41) is 4.21. The third-order valence-corrected chi connectivity index (χ3v) is 6.13. The highest BCUT2D eigenvalue weighted by Crippen LogP contribution is 2.40. The molecule has 134 valence electrons. The van der Waals surface area contributed by atoms with Crippen LogP contribution in [0.4, 0.5) is 5.00 Å². The van der Waals surface area contributed by atoms with E-state index in [2.05, 4.69) is 22.2 Å². The molecular formula is C17H21N3O3S2. The van der Waals surface area contributed by atoms with Crippen LogP contribution in [0.25, 0.3) is 0 Å². The van der Waals surface area contributed by atoms with Crippen molar-refractivity contribution in [2.75, 3.05) is 17.7 Å². The predicted molar refractivity (Wildman–Crippen MR) is 99.4 cm³/mol. The summed E-state index contributed by atoms with van der Waals surface area (Å²) in [6.07, 6.45) is 6.22. The lowest BCUT2D eigenvalue weighted by atomic mass is 9.88. The highest BCUT2D eigenvalue weighted by molar-refractivity contribution is 7.99. The van der Waals surface area contributed by atoms with Crippen LogP contribution in [0, 0.1) is 5.92 Å². The Morgan fingerprint density at radius 1 is 1.52 bits per heavy atom. The average molecular weight is 380 g/mol. The Bertz CT molecular complexity index is 756. The van der Waals surface area contributed by atoms with Gasteiger partial charge in [-0.3, -0.25) is 4.79 Å². The molecule has 0 aromatic carbocycles. The number of hydrogen-bond acceptors (Lipinski definition) is 6. The monoisotopic (exact) mass is 379 g/mol. The molecule has 2 aromatic rings. The number of aromatic amines is 1. The van der Waals surface area contributed by atoms with Crippen molar-refractivity contribution in [1.82, 2.24) is 9.97 Å². The van der Waals surface area contributed by atoms with Crippen molar-refractivity contribution in [3.63, 3.8) is 0 Å². The van der Waals surface area contributed by atoms with E-state index in [1.165, 1.54) is 28.0 Å². The molecular weight excluding hydrogens is 358 g/mol. The third kappa shape index (κ3) is 4.24. The largest absolute Gasteiger partial charge is 0.462 e. The first-order valence-corrected chi connectivity index (χ1v) is 10.1. The van der Waals surface area contributed by atoms with Crippen molar-refractivity contribution >= 4 is 40.0 Å². The van der Waals surface area contributed by atoms with E-state index in [0.29, 0.717) is 28.2 Å². The topological polar surface area (TPSA) is 84.1 Å². The van der Waals surface area contributed by atoms with Crippen molar-refractivity contribution in [3.8, 4) is 0 Å². The van der Waals surface area contributed by atoms with Gasteiger partial charge in [0.15, 0.2) is 5.16 Å². The molecule has 0 saturated carbocycles. The lowest BCUT2D eigenvalue weighted by Gasteiger charge is -2.18. The molecule has 1 unspecified atom stereocenters. The molecule has 8 heteroatoms. The van der Waals surface area contributed by atoms with E-state index >= 15 is 0 Å². The molecule has 2 aromatic heterocycles. The second-order valence-electron chi connectivity index (χ2n) is 6.01. The van der Waals surface area contributed by atoms with Crippen molar-refractivity contribution in [2.24, 2.45) is 5.92 Å². The number of fused-ring (bicyclic) bond motifs is 1. The SMILES string of the molecule is CCOC(=O)c1c(NC(=O)CSc2ncc[nH]2)sc2c1CCC(C)C2. The van der Waals surface area contributed by atoms with E-state index < -0.39 is 0 Å². The Hall–Kier alpha value is -1.80. The molecule has 0 bridgehead atoms. The van der Waals surface area contributed by atoms with Gasteiger partial charge in [0.25, 0.3) is 0 Å². The lowest BCUT2D eigenvalue weighted by Crippen LogP contribution is -2.17. The van der Waals surface area contributed by atoms with Crippen molar-refractivity contribution < 1.29 is 14.3 Å². The van der Waals surface area contributed by atoms with Gasteiger partial charge >= 0.3 is 5.97 Å². The number of nitrogens with one attached hydrogen (secondary N) is 2. The number of esters is 1. The van der Waals surface area contributed by atoms with Crippen molar-refractivity contribution in [3.05, 3.63) is 28.4 Å². The second-order valence-corrected chi connectivity index (χ2v) is 8.08. The Balaban J connectivity index is 1.77. The number of amides is 1. The zero-order chi connectivity index (χ0) is 17.8. The molecule has 0 saturated heterocycles. The number of aromatic nitrogens is 2. The Labute approximate surface area is 154 Å². The maximum Gasteiger partial charge on any atom is 0.341 e. The zero-order valence-corrected chi connectivity index (χ0v) is 15.9. The van der Waals surface area contributed by atoms with Crippen molar-refractivity contribution in [1.29, 1.82) is 0 Å². The number of ether oxygens (including phenoxy) is 1. The van der Waals surface area contributed by atoms with E-state index in [1.54, 1.807) is 19.3 Å². The minimum atomic E-state index is -0.344. The molecule has 3 rings (SSSR count). The summed E-state index contributed by atoms with van der Waals surface area (Å²) in [5.74, 6) is 0.329. The molecule has 0 radical (unpaired) electrons. The Morgan fingerprint density at radius 2 is 2.36 bits per heavy atom. The smallest absolute Gasteiger partial charge is 0.341 e. The number of nitrogens with zero attached hydrogens (tertiary/aromatic N) is 1. The predicted octanol–water partition coefficient (Wildman–Crippen LogP) is 3.50. The zero-order valence-electron chi connectivity index (χ0n) is 14.3. The number of thioether (sulfide) groups is 1. The average Bonchev–Trinajstić information content (AvgIpc) is 3.19. The number of anilines is 1. The molecule has 1 aliphatic carbocycles. The standard InChI is InChI=1S/C17H21N3O3S2/c1-3-23-16(22)14-11-5-4-10(2)8-12(11)25-15(14)20-13(21)9-24-17-18-6-7-19-17/h6-7,10H,3-5,8-9H2,1-2H3,(H,18,19)(H,20,21). The summed E-state index contributed by atoms with van der Waals surface area (Å²) in [5.41, 5.74) is 1.60. The van der Waals surface area contributed by atoms with E-state index in [0.717, 1.165) is 24.8 Å². The highest BCUT2D eigenvalue weighted by Gasteiger charge is 2.29. The first kappa shape index (κ1) is 18.0. The van der Waals surface area contributed by atoms with Crippen molar-refractivity contribution in [2.45, 2.75) is 38.3 Å². The Kier molecular flexibility index (Phi) is 5.80. The van der Waals surface area contributed by atoms with Gasteiger partial charge in [0, 0.05) is 17.3 Å². The number of hydrogen-bond donors (Lipinski definition) is 2. The van der Waals surface area contributed by atoms with Crippen LogP contribution in [-0.4, -0.2) is 34.2 Å². The number of thiophene rings is 1. The molecule has 2 N–H and O–H groups in total. The van der Waals surface area contributed by atoms with Crippen LogP contribution in [-0.2, 0) is 22.4 Å². The molecule has 1 aliphatic rings. The first-order chi connectivity index (χ1) is 12.1. The number of rotatable bonds is 6. The van der Waals surface area contributed by atoms with Gasteiger partial charge < -0.3 is 15.0 Å². The van der Waals surface area contributed by atoms with Crippen LogP contribution in [0.2, 0.25) is 0 Å². The van der Waals surface area contributed by atoms with Crippen LogP contribution in [0.5, 0.6) is 0 Å². The summed E-state index contributed by atoms with van der Waals surface area (Å²) >= 11 is 2.83. The second kappa shape index (κ2) is 8.05. The minimum absolute atomic E-state index is 0.154. The lowest BCUT2D eigenvalue weighted by molar-refractivity contribution is -0.113. The van der Waals surface area contributed by atoms with Crippen LogP contribution in [0.15, 0.2) is 17.6 Å². The molecule has 2 heterocycles. The van der Waals surface area contributed by atoms with Crippen LogP contribution < -0.4 is 5.32 Å². The fourth-order valence-corrected chi connectivity index (χ4v) is 4.93. The van der Waals surface area contributed by atoms with E-state index in [9.17, 15) is 9.59 Å². The number of carbonyl (C=O) groups excluding carboxylic acids is 2. The van der Waals surface area contributed by atoms with E-state index in [1.807, 2.05) is 0 Å². The van der Waals surface area contributed by atoms with Gasteiger partial charge in [0.2, 0.25) is 5.91 Å². The maximum atomic E-state index is 12.4. The van der Waals surface area contributed by atoms with Crippen LogP contribution >= 0.6 is 23.1 Å². The molecule has 1 atom stereocenters. The summed E-state index contributed by atoms with van der Waals surface area (Å²) in [7, 11) is 0. The number of H-pyrrole nitrogens is 1. The fourth-order valence-electron chi connectivity index (χ4n) is 2.88. The van der Waals surface area contributed by atoms with E-state index in [-0.39, 0.29) is 17.6 Å². The third-order valence-electron chi connectivity index (χ3n) is 4.06. The van der Waals surface area contributed by atoms with E-state index in [4.69, 9.17) is 4.74 Å². The normalized spacial score (nSPS) is 16.3. The summed E-state index contributed by atoms with van der Waals surface area (Å²) in [6, 6.07) is 0. The van der Waals surface area contributed by atoms with Crippen LogP contribution in [0.1, 0.15) is 41.1 Å². The first-order valence-electron chi connectivity index (χ1n) is 8.32. The summed E-state index contributed by atoms with van der Waals surface area (Å²) < 4.78 is 5.22. The summed E-state index contributed by atoms with van der Waals surface area (Å²) in [4.78, 5) is 32.9. The molecule has 1 amide bonds. The highest BCUT2D eigenvalue weighted by atomic mass is 32.2. The Morgan fingerprint density at radius 3 is 3.08 bits per heavy atom. The van der Waals surface area contributed by atoms with Gasteiger partial charge in [-0.2, -0.15) is 0 Å². The van der Waals surface area contributed by atoms with Gasteiger partial charge in [-0.1, -0.05) is 18.7 Å². The van der Waals surface area contributed by atoms with Gasteiger partial charge in [-0.25, -0.2) is 9.78 Å². The molecule has 6 nitrogen and oxygen atoms in total. The molecule has 25 heavy (non-hydrogen) atoms. The minimum Gasteiger partial charge on any atom is -0.462 e. The molecule has 0 aliphatic heterocycles. The maximum absolute atomic E-state index is 12.4. The summed E-state index contributed by atoms with van der Waals surface area (Å²) in [6.45, 7) is 4.32. The van der Waals surface area contributed by atoms with Gasteiger partial charge in [-0.15, -0.1) is 11.3 Å². The van der Waals surface area contributed by atoms with Crippen LogP contribution in [0.3, 0.4) is 0 Å². The van der Waals surface area contributed by atoms with Gasteiger partial charge in [0.1, 0.15) is 5.00 Å². The quantitative estimate of drug-likeness (QED) is 0.593. The molecule has 0 spiro atoms. The molecule has 0 fully saturated rings.